The number of hydrogen-bond donors (Lipinski definition) is 2. The highest BCUT2D eigenvalue weighted by molar-refractivity contribution is 7.91. The van der Waals surface area contributed by atoms with Gasteiger partial charge in [-0.15, -0.1) is 13.2 Å². The SMILES string of the molecule is Cc1cc(C(=O)NCC2CS(=O)(=O)CCN2)nc2c(OC(F)(F)F)cc(C3CC3)cc12. The number of sulfone groups is 1. The highest BCUT2D eigenvalue weighted by atomic mass is 32.2. The number of rotatable bonds is 5. The number of carbonyl (C=O) groups excluding carboxylic acids is 1. The standard InChI is InChI=1S/C20H22F3N3O4S/c1-11-6-16(19(27)25-9-14-10-31(28,29)5-4-24-14)26-18-15(11)7-13(12-2-3-12)8-17(18)30-20(21,22)23/h6-8,12,14,24H,2-5,9-10H2,1H3,(H,25,27). The summed E-state index contributed by atoms with van der Waals surface area (Å²) in [6, 6.07) is 4.22. The van der Waals surface area contributed by atoms with E-state index in [9.17, 15) is 26.4 Å². The van der Waals surface area contributed by atoms with E-state index < -0.39 is 33.9 Å². The smallest absolute Gasteiger partial charge is 0.403 e. The third-order valence-corrected chi connectivity index (χ3v) is 7.16. The zero-order chi connectivity index (χ0) is 22.4. The maximum absolute atomic E-state index is 13.0. The number of pyridine rings is 1. The van der Waals surface area contributed by atoms with Gasteiger partial charge in [0, 0.05) is 24.5 Å². The van der Waals surface area contributed by atoms with Crippen LogP contribution in [0.2, 0.25) is 0 Å². The van der Waals surface area contributed by atoms with Crippen LogP contribution >= 0.6 is 0 Å². The summed E-state index contributed by atoms with van der Waals surface area (Å²) in [4.78, 5) is 16.8. The van der Waals surface area contributed by atoms with Crippen LogP contribution in [0.4, 0.5) is 13.2 Å². The first kappa shape index (κ1) is 21.8. The maximum atomic E-state index is 13.0. The number of nitrogens with one attached hydrogen (secondary N) is 2. The molecule has 1 aromatic carbocycles. The molecule has 31 heavy (non-hydrogen) atoms. The van der Waals surface area contributed by atoms with Crippen molar-refractivity contribution < 1.29 is 31.1 Å². The van der Waals surface area contributed by atoms with Crippen LogP contribution in [-0.4, -0.2) is 56.3 Å². The van der Waals surface area contributed by atoms with Gasteiger partial charge in [0.2, 0.25) is 0 Å². The van der Waals surface area contributed by atoms with Crippen molar-refractivity contribution in [3.63, 3.8) is 0 Å². The summed E-state index contributed by atoms with van der Waals surface area (Å²) >= 11 is 0. The number of carbonyl (C=O) groups is 1. The molecule has 2 aliphatic rings. The molecule has 11 heteroatoms. The van der Waals surface area contributed by atoms with E-state index in [0.29, 0.717) is 17.5 Å². The fraction of sp³-hybridized carbons (Fsp3) is 0.500. The van der Waals surface area contributed by atoms with Gasteiger partial charge in [0.05, 0.1) is 11.5 Å². The highest BCUT2D eigenvalue weighted by Crippen LogP contribution is 2.44. The molecule has 1 saturated carbocycles. The Labute approximate surface area is 177 Å². The Bertz CT molecular complexity index is 1130. The summed E-state index contributed by atoms with van der Waals surface area (Å²) < 4.78 is 66.6. The first-order chi connectivity index (χ1) is 14.5. The Morgan fingerprint density at radius 2 is 2.03 bits per heavy atom. The number of ether oxygens (including phenoxy) is 1. The summed E-state index contributed by atoms with van der Waals surface area (Å²) in [6.45, 7) is 2.06. The van der Waals surface area contributed by atoms with Crippen LogP contribution in [0, 0.1) is 6.92 Å². The predicted octanol–water partition coefficient (Wildman–Crippen LogP) is 2.44. The van der Waals surface area contributed by atoms with E-state index in [0.717, 1.165) is 18.4 Å². The zero-order valence-corrected chi connectivity index (χ0v) is 17.6. The van der Waals surface area contributed by atoms with Crippen molar-refractivity contribution in [2.45, 2.75) is 38.1 Å². The molecule has 1 aliphatic heterocycles. The number of nitrogens with zero attached hydrogens (tertiary/aromatic N) is 1. The van der Waals surface area contributed by atoms with Gasteiger partial charge in [0.1, 0.15) is 11.2 Å². The van der Waals surface area contributed by atoms with Gasteiger partial charge in [0.25, 0.3) is 5.91 Å². The molecule has 1 aromatic heterocycles. The third kappa shape index (κ3) is 5.27. The Morgan fingerprint density at radius 1 is 1.29 bits per heavy atom. The molecule has 1 aliphatic carbocycles. The minimum Gasteiger partial charge on any atom is -0.403 e. The molecule has 2 fully saturated rings. The maximum Gasteiger partial charge on any atom is 0.573 e. The van der Waals surface area contributed by atoms with E-state index in [1.165, 1.54) is 12.1 Å². The molecular formula is C20H22F3N3O4S. The second-order valence-electron chi connectivity index (χ2n) is 8.04. The quantitative estimate of drug-likeness (QED) is 0.716. The van der Waals surface area contributed by atoms with Gasteiger partial charge in [-0.2, -0.15) is 0 Å². The number of fused-ring (bicyclic) bond motifs is 1. The molecule has 1 amide bonds. The first-order valence-corrected chi connectivity index (χ1v) is 11.8. The number of benzene rings is 1. The number of halogens is 3. The molecule has 168 valence electrons. The topological polar surface area (TPSA) is 97.4 Å². The van der Waals surface area contributed by atoms with Gasteiger partial charge in [0.15, 0.2) is 15.6 Å². The van der Waals surface area contributed by atoms with E-state index >= 15 is 0 Å². The predicted molar refractivity (Wildman–Crippen MR) is 108 cm³/mol. The average Bonchev–Trinajstić information content (AvgIpc) is 3.49. The molecule has 0 bridgehead atoms. The van der Waals surface area contributed by atoms with Crippen molar-refractivity contribution in [1.82, 2.24) is 15.6 Å². The van der Waals surface area contributed by atoms with Gasteiger partial charge in [-0.25, -0.2) is 13.4 Å². The van der Waals surface area contributed by atoms with Crippen molar-refractivity contribution >= 4 is 26.6 Å². The Balaban J connectivity index is 1.61. The van der Waals surface area contributed by atoms with Crippen LogP contribution in [-0.2, 0) is 9.84 Å². The Morgan fingerprint density at radius 3 is 2.68 bits per heavy atom. The van der Waals surface area contributed by atoms with Crippen molar-refractivity contribution in [2.24, 2.45) is 0 Å². The van der Waals surface area contributed by atoms with Crippen LogP contribution in [0.5, 0.6) is 5.75 Å². The summed E-state index contributed by atoms with van der Waals surface area (Å²) in [5.41, 5.74) is 1.27. The molecule has 1 unspecified atom stereocenters. The molecule has 0 radical (unpaired) electrons. The second kappa shape index (κ2) is 7.94. The molecule has 0 spiro atoms. The molecule has 2 heterocycles. The lowest BCUT2D eigenvalue weighted by Crippen LogP contribution is -2.50. The molecule has 2 N–H and O–H groups in total. The van der Waals surface area contributed by atoms with Gasteiger partial charge in [-0.1, -0.05) is 0 Å². The monoisotopic (exact) mass is 457 g/mol. The van der Waals surface area contributed by atoms with E-state index in [2.05, 4.69) is 20.4 Å². The minimum atomic E-state index is -4.89. The Hall–Kier alpha value is -2.40. The van der Waals surface area contributed by atoms with Crippen LogP contribution < -0.4 is 15.4 Å². The molecular weight excluding hydrogens is 435 g/mol. The lowest BCUT2D eigenvalue weighted by molar-refractivity contribution is -0.274. The third-order valence-electron chi connectivity index (χ3n) is 5.42. The summed E-state index contributed by atoms with van der Waals surface area (Å²) in [5, 5.41) is 6.14. The van der Waals surface area contributed by atoms with E-state index in [1.807, 2.05) is 0 Å². The molecule has 7 nitrogen and oxygen atoms in total. The molecule has 1 atom stereocenters. The summed E-state index contributed by atoms with van der Waals surface area (Å²) in [7, 11) is -3.16. The van der Waals surface area contributed by atoms with Crippen LogP contribution in [0.1, 0.15) is 40.4 Å². The number of alkyl halides is 3. The van der Waals surface area contributed by atoms with Gasteiger partial charge >= 0.3 is 6.36 Å². The van der Waals surface area contributed by atoms with Crippen LogP contribution in [0.3, 0.4) is 0 Å². The number of amides is 1. The van der Waals surface area contributed by atoms with E-state index in [4.69, 9.17) is 0 Å². The fourth-order valence-electron chi connectivity index (χ4n) is 3.76. The van der Waals surface area contributed by atoms with Gasteiger partial charge < -0.3 is 15.4 Å². The second-order valence-corrected chi connectivity index (χ2v) is 10.3. The fourth-order valence-corrected chi connectivity index (χ4v) is 5.20. The van der Waals surface area contributed by atoms with Crippen molar-refractivity contribution in [2.75, 3.05) is 24.6 Å². The molecule has 2 aromatic rings. The van der Waals surface area contributed by atoms with Crippen molar-refractivity contribution in [3.05, 3.63) is 35.0 Å². The number of aromatic nitrogens is 1. The normalized spacial score (nSPS) is 21.1. The van der Waals surface area contributed by atoms with Gasteiger partial charge in [-0.3, -0.25) is 4.79 Å². The lowest BCUT2D eigenvalue weighted by Gasteiger charge is -2.23. The summed E-state index contributed by atoms with van der Waals surface area (Å²) in [6.07, 6.45) is -3.06. The minimum absolute atomic E-state index is 0.0368. The summed E-state index contributed by atoms with van der Waals surface area (Å²) in [5.74, 6) is -0.858. The number of hydrogen-bond acceptors (Lipinski definition) is 6. The van der Waals surface area contributed by atoms with Crippen molar-refractivity contribution in [1.29, 1.82) is 0 Å². The number of aryl methyl sites for hydroxylation is 1. The van der Waals surface area contributed by atoms with E-state index in [1.54, 1.807) is 13.0 Å². The first-order valence-electron chi connectivity index (χ1n) is 9.94. The Kier molecular flexibility index (Phi) is 5.59. The van der Waals surface area contributed by atoms with Crippen LogP contribution in [0.25, 0.3) is 10.9 Å². The largest absolute Gasteiger partial charge is 0.573 e. The molecule has 4 rings (SSSR count). The van der Waals surface area contributed by atoms with Crippen LogP contribution in [0.15, 0.2) is 18.2 Å². The highest BCUT2D eigenvalue weighted by Gasteiger charge is 2.34. The van der Waals surface area contributed by atoms with E-state index in [-0.39, 0.29) is 35.2 Å². The lowest BCUT2D eigenvalue weighted by atomic mass is 10.0. The molecule has 1 saturated heterocycles. The average molecular weight is 457 g/mol. The zero-order valence-electron chi connectivity index (χ0n) is 16.8. The van der Waals surface area contributed by atoms with Gasteiger partial charge in [-0.05, 0) is 55.0 Å². The van der Waals surface area contributed by atoms with Crippen molar-refractivity contribution in [3.8, 4) is 5.75 Å².